The lowest BCUT2D eigenvalue weighted by molar-refractivity contribution is -0.126. The van der Waals surface area contributed by atoms with Gasteiger partial charge >= 0.3 is 0 Å². The van der Waals surface area contributed by atoms with Crippen LogP contribution in [-0.4, -0.2) is 51.5 Å². The minimum atomic E-state index is -3.64. The quantitative estimate of drug-likeness (QED) is 0.669. The number of nitrogens with zero attached hydrogens (tertiary/aromatic N) is 1. The number of nitrogens with one attached hydrogen (secondary N) is 1. The highest BCUT2D eigenvalue weighted by atomic mass is 32.2. The van der Waals surface area contributed by atoms with Gasteiger partial charge in [-0.15, -0.1) is 0 Å². The van der Waals surface area contributed by atoms with E-state index < -0.39 is 15.8 Å². The molecule has 2 aromatic carbocycles. The summed E-state index contributed by atoms with van der Waals surface area (Å²) in [6.07, 6.45) is 2.63. The lowest BCUT2D eigenvalue weighted by atomic mass is 9.74. The molecule has 2 heterocycles. The fourth-order valence-electron chi connectivity index (χ4n) is 4.82. The third-order valence-corrected chi connectivity index (χ3v) is 8.78. The van der Waals surface area contributed by atoms with Gasteiger partial charge in [-0.1, -0.05) is 48.5 Å². The third kappa shape index (κ3) is 5.62. The van der Waals surface area contributed by atoms with Crippen LogP contribution in [0, 0.1) is 11.7 Å². The summed E-state index contributed by atoms with van der Waals surface area (Å²) in [6, 6.07) is 16.2. The molecule has 8 heteroatoms. The predicted octanol–water partition coefficient (Wildman–Crippen LogP) is 3.23. The molecule has 1 N–H and O–H groups in total. The Morgan fingerprint density at radius 1 is 1.03 bits per heavy atom. The number of amides is 1. The van der Waals surface area contributed by atoms with E-state index in [0.29, 0.717) is 32.6 Å². The molecule has 1 amide bonds. The van der Waals surface area contributed by atoms with Crippen molar-refractivity contribution in [3.63, 3.8) is 0 Å². The summed E-state index contributed by atoms with van der Waals surface area (Å²) in [5.41, 5.74) is 1.24. The Balaban J connectivity index is 1.33. The van der Waals surface area contributed by atoms with E-state index in [9.17, 15) is 17.6 Å². The summed E-state index contributed by atoms with van der Waals surface area (Å²) in [7, 11) is -3.64. The molecule has 0 atom stereocenters. The Morgan fingerprint density at radius 3 is 2.33 bits per heavy atom. The Labute approximate surface area is 195 Å². The monoisotopic (exact) mass is 474 g/mol. The van der Waals surface area contributed by atoms with E-state index in [2.05, 4.69) is 17.4 Å². The molecule has 0 radical (unpaired) electrons. The van der Waals surface area contributed by atoms with Gasteiger partial charge in [-0.25, -0.2) is 17.1 Å². The van der Waals surface area contributed by atoms with E-state index in [0.717, 1.165) is 12.8 Å². The van der Waals surface area contributed by atoms with Crippen molar-refractivity contribution in [2.75, 3.05) is 32.8 Å². The van der Waals surface area contributed by atoms with E-state index in [1.807, 2.05) is 18.2 Å². The van der Waals surface area contributed by atoms with Crippen LogP contribution < -0.4 is 5.32 Å². The summed E-state index contributed by atoms with van der Waals surface area (Å²) < 4.78 is 46.4. The first-order valence-electron chi connectivity index (χ1n) is 11.5. The molecule has 0 aromatic heterocycles. The van der Waals surface area contributed by atoms with Crippen molar-refractivity contribution in [3.8, 4) is 0 Å². The lowest BCUT2D eigenvalue weighted by Gasteiger charge is -2.38. The lowest BCUT2D eigenvalue weighted by Crippen LogP contribution is -2.48. The average Bonchev–Trinajstić information content (AvgIpc) is 2.85. The third-order valence-electron chi connectivity index (χ3n) is 6.95. The summed E-state index contributed by atoms with van der Waals surface area (Å²) in [5, 5.41) is 3.15. The van der Waals surface area contributed by atoms with Crippen LogP contribution in [0.5, 0.6) is 0 Å². The Morgan fingerprint density at radius 2 is 1.67 bits per heavy atom. The molecule has 2 aliphatic heterocycles. The van der Waals surface area contributed by atoms with E-state index in [1.54, 1.807) is 6.07 Å². The smallest absolute Gasteiger partial charge is 0.223 e. The fourth-order valence-corrected chi connectivity index (χ4v) is 6.40. The number of ether oxygens (including phenoxy) is 1. The second kappa shape index (κ2) is 10.3. The normalized spacial score (nSPS) is 19.8. The topological polar surface area (TPSA) is 75.7 Å². The molecule has 0 spiro atoms. The zero-order valence-corrected chi connectivity index (χ0v) is 19.5. The second-order valence-electron chi connectivity index (χ2n) is 9.00. The number of piperidine rings is 1. The molecular formula is C25H31FN2O4S. The van der Waals surface area contributed by atoms with Gasteiger partial charge in [0.25, 0.3) is 0 Å². The number of carbonyl (C=O) groups excluding carboxylic acids is 1. The van der Waals surface area contributed by atoms with Gasteiger partial charge in [0.1, 0.15) is 5.82 Å². The van der Waals surface area contributed by atoms with Crippen LogP contribution in [0.15, 0.2) is 54.6 Å². The van der Waals surface area contributed by atoms with E-state index in [4.69, 9.17) is 4.74 Å². The first-order chi connectivity index (χ1) is 15.9. The van der Waals surface area contributed by atoms with Crippen LogP contribution in [0.4, 0.5) is 4.39 Å². The van der Waals surface area contributed by atoms with Crippen LogP contribution >= 0.6 is 0 Å². The van der Waals surface area contributed by atoms with Gasteiger partial charge in [-0.3, -0.25) is 4.79 Å². The summed E-state index contributed by atoms with van der Waals surface area (Å²) in [5.74, 6) is -1.13. The van der Waals surface area contributed by atoms with E-state index in [-0.39, 0.29) is 41.6 Å². The molecule has 178 valence electrons. The van der Waals surface area contributed by atoms with Crippen molar-refractivity contribution in [2.24, 2.45) is 5.92 Å². The Hall–Kier alpha value is -2.29. The molecule has 33 heavy (non-hydrogen) atoms. The maximum absolute atomic E-state index is 13.9. The standard InChI is InChI=1S/C25H31FN2O4S/c26-23-9-5-4-6-21(23)18-33(30,31)28-14-10-20(11-15-28)24(29)27-19-25(12-16-32-17-13-25)22-7-2-1-3-8-22/h1-9,20H,10-19H2,(H,27,29). The minimum absolute atomic E-state index is 0.0250. The van der Waals surface area contributed by atoms with Crippen LogP contribution in [-0.2, 0) is 30.7 Å². The van der Waals surface area contributed by atoms with Crippen LogP contribution in [0.3, 0.4) is 0 Å². The number of halogens is 1. The molecule has 0 unspecified atom stereocenters. The first-order valence-corrected chi connectivity index (χ1v) is 13.1. The molecule has 2 saturated heterocycles. The summed E-state index contributed by atoms with van der Waals surface area (Å²) >= 11 is 0. The number of hydrogen-bond acceptors (Lipinski definition) is 4. The van der Waals surface area contributed by atoms with Crippen molar-refractivity contribution < 1.29 is 22.3 Å². The molecule has 2 aliphatic rings. The summed E-state index contributed by atoms with van der Waals surface area (Å²) in [6.45, 7) is 2.43. The molecule has 4 rings (SSSR count). The van der Waals surface area contributed by atoms with Crippen LogP contribution in [0.1, 0.15) is 36.8 Å². The predicted molar refractivity (Wildman–Crippen MR) is 125 cm³/mol. The molecule has 0 aliphatic carbocycles. The van der Waals surface area contributed by atoms with Gasteiger partial charge in [0.15, 0.2) is 0 Å². The van der Waals surface area contributed by atoms with E-state index >= 15 is 0 Å². The van der Waals surface area contributed by atoms with Crippen molar-refractivity contribution in [1.82, 2.24) is 9.62 Å². The highest BCUT2D eigenvalue weighted by Gasteiger charge is 2.36. The number of benzene rings is 2. The average molecular weight is 475 g/mol. The van der Waals surface area contributed by atoms with E-state index in [1.165, 1.54) is 28.1 Å². The van der Waals surface area contributed by atoms with Gasteiger partial charge in [0, 0.05) is 49.7 Å². The van der Waals surface area contributed by atoms with Crippen molar-refractivity contribution in [2.45, 2.75) is 36.9 Å². The van der Waals surface area contributed by atoms with Crippen LogP contribution in [0.25, 0.3) is 0 Å². The van der Waals surface area contributed by atoms with Gasteiger partial charge in [0.2, 0.25) is 15.9 Å². The minimum Gasteiger partial charge on any atom is -0.381 e. The largest absolute Gasteiger partial charge is 0.381 e. The zero-order valence-electron chi connectivity index (χ0n) is 18.7. The van der Waals surface area contributed by atoms with Crippen molar-refractivity contribution >= 4 is 15.9 Å². The Bertz CT molecular complexity index is 1050. The van der Waals surface area contributed by atoms with Gasteiger partial charge in [-0.2, -0.15) is 0 Å². The molecule has 6 nitrogen and oxygen atoms in total. The number of rotatable bonds is 7. The SMILES string of the molecule is O=C(NCC1(c2ccccc2)CCOCC1)C1CCN(S(=O)(=O)Cc2ccccc2F)CC1. The van der Waals surface area contributed by atoms with Crippen molar-refractivity contribution in [3.05, 3.63) is 71.5 Å². The van der Waals surface area contributed by atoms with Crippen molar-refractivity contribution in [1.29, 1.82) is 0 Å². The first kappa shape index (κ1) is 23.9. The molecule has 0 saturated carbocycles. The number of carbonyl (C=O) groups is 1. The molecule has 2 fully saturated rings. The highest BCUT2D eigenvalue weighted by Crippen LogP contribution is 2.34. The van der Waals surface area contributed by atoms with Gasteiger partial charge < -0.3 is 10.1 Å². The maximum atomic E-state index is 13.9. The molecular weight excluding hydrogens is 443 g/mol. The van der Waals surface area contributed by atoms with Gasteiger partial charge in [-0.05, 0) is 37.3 Å². The fraction of sp³-hybridized carbons (Fsp3) is 0.480. The highest BCUT2D eigenvalue weighted by molar-refractivity contribution is 7.88. The molecule has 0 bridgehead atoms. The maximum Gasteiger partial charge on any atom is 0.223 e. The Kier molecular flexibility index (Phi) is 7.46. The van der Waals surface area contributed by atoms with Crippen LogP contribution in [0.2, 0.25) is 0 Å². The summed E-state index contributed by atoms with van der Waals surface area (Å²) in [4.78, 5) is 12.9. The number of hydrogen-bond donors (Lipinski definition) is 1. The molecule has 2 aromatic rings. The zero-order chi connectivity index (χ0) is 23.3. The number of sulfonamides is 1. The second-order valence-corrected chi connectivity index (χ2v) is 11.0. The van der Waals surface area contributed by atoms with Gasteiger partial charge in [0.05, 0.1) is 5.75 Å².